The molecule has 1 aliphatic carbocycles. The van der Waals surface area contributed by atoms with Crippen LogP contribution in [0.1, 0.15) is 52.9 Å². The Balaban J connectivity index is 1.44. The van der Waals surface area contributed by atoms with E-state index in [1.807, 2.05) is 29.2 Å². The van der Waals surface area contributed by atoms with Crippen molar-refractivity contribution in [1.29, 1.82) is 0 Å². The van der Waals surface area contributed by atoms with E-state index in [-0.39, 0.29) is 5.91 Å². The molecule has 6 nitrogen and oxygen atoms in total. The van der Waals surface area contributed by atoms with E-state index < -0.39 is 0 Å². The van der Waals surface area contributed by atoms with Crippen molar-refractivity contribution in [2.75, 3.05) is 24.1 Å². The molecule has 2 heterocycles. The van der Waals surface area contributed by atoms with E-state index in [2.05, 4.69) is 15.3 Å². The van der Waals surface area contributed by atoms with E-state index in [9.17, 15) is 4.79 Å². The SMILES string of the molecule is Nc1nc2c(c(NCc3ccc(C(=O)N4CCCC4)cc3)n1)CCCC2. The zero-order chi connectivity index (χ0) is 17.9. The highest BCUT2D eigenvalue weighted by Gasteiger charge is 2.19. The Labute approximate surface area is 153 Å². The molecule has 1 aromatic carbocycles. The third-order valence-corrected chi connectivity index (χ3v) is 5.25. The molecule has 0 unspecified atom stereocenters. The van der Waals surface area contributed by atoms with E-state index in [4.69, 9.17) is 5.73 Å². The topological polar surface area (TPSA) is 84.1 Å². The first kappa shape index (κ1) is 16.8. The Morgan fingerprint density at radius 3 is 2.54 bits per heavy atom. The van der Waals surface area contributed by atoms with Gasteiger partial charge in [-0.05, 0) is 56.2 Å². The first-order valence-corrected chi connectivity index (χ1v) is 9.48. The molecule has 2 aromatic rings. The third-order valence-electron chi connectivity index (χ3n) is 5.25. The van der Waals surface area contributed by atoms with Crippen LogP contribution < -0.4 is 11.1 Å². The van der Waals surface area contributed by atoms with E-state index in [0.29, 0.717) is 12.5 Å². The van der Waals surface area contributed by atoms with Gasteiger partial charge in [0.15, 0.2) is 0 Å². The number of aromatic nitrogens is 2. The zero-order valence-electron chi connectivity index (χ0n) is 15.0. The van der Waals surface area contributed by atoms with Crippen LogP contribution in [0, 0.1) is 0 Å². The highest BCUT2D eigenvalue weighted by Crippen LogP contribution is 2.26. The molecule has 0 bridgehead atoms. The Morgan fingerprint density at radius 2 is 1.77 bits per heavy atom. The number of carbonyl (C=O) groups excluding carboxylic acids is 1. The average molecular weight is 351 g/mol. The summed E-state index contributed by atoms with van der Waals surface area (Å²) in [5, 5.41) is 3.41. The van der Waals surface area contributed by atoms with Gasteiger partial charge in [0.1, 0.15) is 5.82 Å². The first-order valence-electron chi connectivity index (χ1n) is 9.48. The van der Waals surface area contributed by atoms with Gasteiger partial charge in [0.25, 0.3) is 5.91 Å². The summed E-state index contributed by atoms with van der Waals surface area (Å²) < 4.78 is 0. The molecule has 0 atom stereocenters. The molecule has 136 valence electrons. The van der Waals surface area contributed by atoms with E-state index in [1.165, 1.54) is 12.0 Å². The summed E-state index contributed by atoms with van der Waals surface area (Å²) in [7, 11) is 0. The van der Waals surface area contributed by atoms with Crippen LogP contribution in [0.4, 0.5) is 11.8 Å². The minimum atomic E-state index is 0.139. The minimum Gasteiger partial charge on any atom is -0.368 e. The van der Waals surface area contributed by atoms with Crippen molar-refractivity contribution in [3.8, 4) is 0 Å². The van der Waals surface area contributed by atoms with Crippen molar-refractivity contribution in [2.24, 2.45) is 0 Å². The average Bonchev–Trinajstić information content (AvgIpc) is 3.20. The molecule has 1 saturated heterocycles. The summed E-state index contributed by atoms with van der Waals surface area (Å²) in [6.45, 7) is 2.41. The first-order chi connectivity index (χ1) is 12.7. The minimum absolute atomic E-state index is 0.139. The van der Waals surface area contributed by atoms with Gasteiger partial charge in [-0.15, -0.1) is 0 Å². The van der Waals surface area contributed by atoms with Gasteiger partial charge in [0, 0.05) is 30.8 Å². The van der Waals surface area contributed by atoms with Crippen LogP contribution in [-0.4, -0.2) is 33.9 Å². The zero-order valence-corrected chi connectivity index (χ0v) is 15.0. The van der Waals surface area contributed by atoms with Crippen molar-refractivity contribution in [1.82, 2.24) is 14.9 Å². The van der Waals surface area contributed by atoms with Gasteiger partial charge in [0.05, 0.1) is 5.69 Å². The number of fused-ring (bicyclic) bond motifs is 1. The predicted molar refractivity (Wildman–Crippen MR) is 102 cm³/mol. The van der Waals surface area contributed by atoms with Gasteiger partial charge in [-0.1, -0.05) is 12.1 Å². The lowest BCUT2D eigenvalue weighted by atomic mass is 9.96. The number of aryl methyl sites for hydroxylation is 1. The Hall–Kier alpha value is -2.63. The molecule has 1 amide bonds. The fraction of sp³-hybridized carbons (Fsp3) is 0.450. The van der Waals surface area contributed by atoms with Crippen LogP contribution in [0.25, 0.3) is 0 Å². The molecule has 0 spiro atoms. The van der Waals surface area contributed by atoms with Crippen LogP contribution in [0.3, 0.4) is 0 Å². The summed E-state index contributed by atoms with van der Waals surface area (Å²) in [6, 6.07) is 7.85. The van der Waals surface area contributed by atoms with E-state index in [1.54, 1.807) is 0 Å². The maximum absolute atomic E-state index is 12.4. The molecule has 1 fully saturated rings. The number of likely N-dealkylation sites (tertiary alicyclic amines) is 1. The monoisotopic (exact) mass is 351 g/mol. The lowest BCUT2D eigenvalue weighted by molar-refractivity contribution is 0.0793. The molecule has 2 aliphatic rings. The normalized spacial score (nSPS) is 16.4. The molecular weight excluding hydrogens is 326 g/mol. The highest BCUT2D eigenvalue weighted by molar-refractivity contribution is 5.94. The van der Waals surface area contributed by atoms with Crippen molar-refractivity contribution in [3.05, 3.63) is 46.6 Å². The van der Waals surface area contributed by atoms with Crippen LogP contribution in [-0.2, 0) is 19.4 Å². The second-order valence-corrected chi connectivity index (χ2v) is 7.11. The van der Waals surface area contributed by atoms with Gasteiger partial charge >= 0.3 is 0 Å². The molecule has 1 aromatic heterocycles. The number of hydrogen-bond acceptors (Lipinski definition) is 5. The standard InChI is InChI=1S/C20H25N5O/c21-20-23-17-6-2-1-5-16(17)18(24-20)22-13-14-7-9-15(10-8-14)19(26)25-11-3-4-12-25/h7-10H,1-6,11-13H2,(H3,21,22,23,24). The number of nitrogens with one attached hydrogen (secondary N) is 1. The number of nitrogens with zero attached hydrogens (tertiary/aromatic N) is 3. The Kier molecular flexibility index (Phi) is 4.73. The maximum atomic E-state index is 12.4. The van der Waals surface area contributed by atoms with E-state index in [0.717, 1.165) is 67.8 Å². The van der Waals surface area contributed by atoms with Crippen molar-refractivity contribution >= 4 is 17.7 Å². The number of anilines is 2. The second kappa shape index (κ2) is 7.32. The Bertz CT molecular complexity index is 797. The summed E-state index contributed by atoms with van der Waals surface area (Å²) in [6.07, 6.45) is 6.53. The van der Waals surface area contributed by atoms with Crippen LogP contribution >= 0.6 is 0 Å². The van der Waals surface area contributed by atoms with Crippen molar-refractivity contribution in [3.63, 3.8) is 0 Å². The molecule has 0 radical (unpaired) electrons. The van der Waals surface area contributed by atoms with Crippen LogP contribution in [0.2, 0.25) is 0 Å². The van der Waals surface area contributed by atoms with Crippen molar-refractivity contribution in [2.45, 2.75) is 45.1 Å². The molecular formula is C20H25N5O. The van der Waals surface area contributed by atoms with Gasteiger partial charge in [-0.2, -0.15) is 4.98 Å². The van der Waals surface area contributed by atoms with Gasteiger partial charge in [0.2, 0.25) is 5.95 Å². The number of nitrogen functional groups attached to an aromatic ring is 1. The number of nitrogens with two attached hydrogens (primary N) is 1. The quantitative estimate of drug-likeness (QED) is 0.885. The lowest BCUT2D eigenvalue weighted by Crippen LogP contribution is -2.27. The molecule has 4 rings (SSSR count). The number of benzene rings is 1. The van der Waals surface area contributed by atoms with E-state index >= 15 is 0 Å². The predicted octanol–water partition coefficient (Wildman–Crippen LogP) is 2.79. The Morgan fingerprint density at radius 1 is 1.04 bits per heavy atom. The maximum Gasteiger partial charge on any atom is 0.253 e. The fourth-order valence-corrected chi connectivity index (χ4v) is 3.81. The third kappa shape index (κ3) is 3.49. The van der Waals surface area contributed by atoms with Crippen LogP contribution in [0.5, 0.6) is 0 Å². The van der Waals surface area contributed by atoms with Gasteiger partial charge in [-0.25, -0.2) is 4.98 Å². The molecule has 1 aliphatic heterocycles. The lowest BCUT2D eigenvalue weighted by Gasteiger charge is -2.19. The van der Waals surface area contributed by atoms with Crippen LogP contribution in [0.15, 0.2) is 24.3 Å². The summed E-state index contributed by atoms with van der Waals surface area (Å²) in [4.78, 5) is 23.1. The number of hydrogen-bond donors (Lipinski definition) is 2. The largest absolute Gasteiger partial charge is 0.368 e. The van der Waals surface area contributed by atoms with Crippen molar-refractivity contribution < 1.29 is 4.79 Å². The summed E-state index contributed by atoms with van der Waals surface area (Å²) >= 11 is 0. The number of rotatable bonds is 4. The smallest absolute Gasteiger partial charge is 0.253 e. The summed E-state index contributed by atoms with van der Waals surface area (Å²) in [5.41, 5.74) is 10.0. The van der Waals surface area contributed by atoms with Gasteiger partial charge < -0.3 is 16.0 Å². The number of amides is 1. The molecule has 26 heavy (non-hydrogen) atoms. The van der Waals surface area contributed by atoms with Gasteiger partial charge in [-0.3, -0.25) is 4.79 Å². The molecule has 6 heteroatoms. The highest BCUT2D eigenvalue weighted by atomic mass is 16.2. The second-order valence-electron chi connectivity index (χ2n) is 7.11. The summed E-state index contributed by atoms with van der Waals surface area (Å²) in [5.74, 6) is 1.32. The molecule has 3 N–H and O–H groups in total. The number of carbonyl (C=O) groups is 1. The fourth-order valence-electron chi connectivity index (χ4n) is 3.81. The molecule has 0 saturated carbocycles.